The first kappa shape index (κ1) is 19.6. The third kappa shape index (κ3) is 3.92. The van der Waals surface area contributed by atoms with E-state index >= 15 is 0 Å². The second-order valence-electron chi connectivity index (χ2n) is 7.97. The normalized spacial score (nSPS) is 32.0. The highest BCUT2D eigenvalue weighted by Crippen LogP contribution is 2.42. The maximum Gasteiger partial charge on any atom is 0.0926 e. The van der Waals surface area contributed by atoms with Crippen LogP contribution in [0.4, 0.5) is 0 Å². The standard InChI is InChI=1S/C20H32O3S/c1-13-7-6-10-20(4,5)16(13)9-8-14(2)19(22)17-11-15(3)18(12-21)24(17)23/h8,11,17-19,21-22H,6-7,9-10,12H2,1-5H3/b14-8+. The van der Waals surface area contributed by atoms with E-state index in [0.717, 1.165) is 17.6 Å². The fourth-order valence-corrected chi connectivity index (χ4v) is 5.80. The van der Waals surface area contributed by atoms with Gasteiger partial charge in [0.05, 0.1) is 23.2 Å². The predicted molar refractivity (Wildman–Crippen MR) is 101 cm³/mol. The highest BCUT2D eigenvalue weighted by molar-refractivity contribution is 7.87. The summed E-state index contributed by atoms with van der Waals surface area (Å²) in [6.45, 7) is 10.5. The molecule has 3 nitrogen and oxygen atoms in total. The third-order valence-electron chi connectivity index (χ3n) is 5.74. The van der Waals surface area contributed by atoms with Gasteiger partial charge < -0.3 is 10.2 Å². The van der Waals surface area contributed by atoms with Gasteiger partial charge in [-0.1, -0.05) is 42.7 Å². The van der Waals surface area contributed by atoms with E-state index in [9.17, 15) is 14.4 Å². The molecule has 0 saturated heterocycles. The van der Waals surface area contributed by atoms with Gasteiger partial charge in [0.15, 0.2) is 0 Å². The summed E-state index contributed by atoms with van der Waals surface area (Å²) in [5, 5.41) is 19.3. The quantitative estimate of drug-likeness (QED) is 0.743. The van der Waals surface area contributed by atoms with Crippen LogP contribution >= 0.6 is 0 Å². The van der Waals surface area contributed by atoms with Crippen LogP contribution in [0.3, 0.4) is 0 Å². The topological polar surface area (TPSA) is 57.5 Å². The van der Waals surface area contributed by atoms with Gasteiger partial charge in [0, 0.05) is 10.8 Å². The zero-order valence-electron chi connectivity index (χ0n) is 15.6. The van der Waals surface area contributed by atoms with Crippen molar-refractivity contribution < 1.29 is 14.4 Å². The third-order valence-corrected chi connectivity index (χ3v) is 7.75. The molecule has 0 radical (unpaired) electrons. The van der Waals surface area contributed by atoms with Crippen LogP contribution in [-0.4, -0.2) is 37.6 Å². The first-order valence-corrected chi connectivity index (χ1v) is 10.2. The molecule has 4 unspecified atom stereocenters. The Labute approximate surface area is 149 Å². The number of hydrogen-bond donors (Lipinski definition) is 2. The summed E-state index contributed by atoms with van der Waals surface area (Å²) in [6, 6.07) is 0. The molecular weight excluding hydrogens is 320 g/mol. The number of hydrogen-bond acceptors (Lipinski definition) is 3. The summed E-state index contributed by atoms with van der Waals surface area (Å²) < 4.78 is 12.5. The summed E-state index contributed by atoms with van der Waals surface area (Å²) in [6.07, 6.45) is 7.71. The molecule has 1 aliphatic heterocycles. The Morgan fingerprint density at radius 3 is 2.67 bits per heavy atom. The molecule has 0 spiro atoms. The minimum absolute atomic E-state index is 0.124. The van der Waals surface area contributed by atoms with Crippen LogP contribution < -0.4 is 0 Å². The van der Waals surface area contributed by atoms with Gasteiger partial charge in [-0.2, -0.15) is 0 Å². The molecular formula is C20H32O3S. The number of aliphatic hydroxyl groups excluding tert-OH is 2. The van der Waals surface area contributed by atoms with Crippen molar-refractivity contribution in [1.82, 2.24) is 0 Å². The molecule has 0 aromatic rings. The van der Waals surface area contributed by atoms with Crippen molar-refractivity contribution in [3.05, 3.63) is 34.4 Å². The average molecular weight is 353 g/mol. The van der Waals surface area contributed by atoms with Gasteiger partial charge in [-0.15, -0.1) is 0 Å². The number of rotatable bonds is 5. The highest BCUT2D eigenvalue weighted by Gasteiger charge is 2.36. The van der Waals surface area contributed by atoms with Crippen molar-refractivity contribution in [1.29, 1.82) is 0 Å². The van der Waals surface area contributed by atoms with Gasteiger partial charge in [0.25, 0.3) is 0 Å². The number of aliphatic hydroxyl groups is 2. The van der Waals surface area contributed by atoms with Gasteiger partial charge in [-0.05, 0) is 57.4 Å². The van der Waals surface area contributed by atoms with Crippen LogP contribution in [0.25, 0.3) is 0 Å². The zero-order valence-corrected chi connectivity index (χ0v) is 16.4. The second kappa shape index (κ2) is 7.67. The maximum absolute atomic E-state index is 12.5. The predicted octanol–water partition coefficient (Wildman–Crippen LogP) is 3.65. The SMILES string of the molecule is CC1=CC(C(O)/C(C)=C/CC2=C(C)CCCC2(C)C)S(=O)C1CO. The molecule has 136 valence electrons. The lowest BCUT2D eigenvalue weighted by atomic mass is 9.71. The van der Waals surface area contributed by atoms with Gasteiger partial charge in [-0.25, -0.2) is 0 Å². The van der Waals surface area contributed by atoms with E-state index in [2.05, 4.69) is 26.8 Å². The lowest BCUT2D eigenvalue weighted by Crippen LogP contribution is -2.32. The lowest BCUT2D eigenvalue weighted by Gasteiger charge is -2.34. The lowest BCUT2D eigenvalue weighted by molar-refractivity contribution is 0.217. The molecule has 0 saturated carbocycles. The van der Waals surface area contributed by atoms with Crippen molar-refractivity contribution >= 4 is 10.8 Å². The monoisotopic (exact) mass is 352 g/mol. The van der Waals surface area contributed by atoms with Crippen LogP contribution in [0.1, 0.15) is 60.3 Å². The maximum atomic E-state index is 12.5. The zero-order chi connectivity index (χ0) is 18.1. The first-order valence-electron chi connectivity index (χ1n) is 8.91. The molecule has 4 atom stereocenters. The fourth-order valence-electron chi connectivity index (χ4n) is 4.01. The van der Waals surface area contributed by atoms with Gasteiger partial charge in [-0.3, -0.25) is 4.21 Å². The molecule has 2 aliphatic rings. The summed E-state index contributed by atoms with van der Waals surface area (Å²) in [7, 11) is -1.26. The molecule has 1 aliphatic carbocycles. The summed E-state index contributed by atoms with van der Waals surface area (Å²) in [5.41, 5.74) is 4.97. The van der Waals surface area contributed by atoms with Gasteiger partial charge >= 0.3 is 0 Å². The van der Waals surface area contributed by atoms with Crippen molar-refractivity contribution in [2.75, 3.05) is 6.61 Å². The average Bonchev–Trinajstić information content (AvgIpc) is 2.79. The molecule has 0 fully saturated rings. The fraction of sp³-hybridized carbons (Fsp3) is 0.700. The Bertz CT molecular complexity index is 598. The van der Waals surface area contributed by atoms with Crippen LogP contribution in [0.15, 0.2) is 34.4 Å². The highest BCUT2D eigenvalue weighted by atomic mass is 32.2. The van der Waals surface area contributed by atoms with Crippen molar-refractivity contribution in [3.63, 3.8) is 0 Å². The van der Waals surface area contributed by atoms with E-state index in [1.807, 2.05) is 19.9 Å². The minimum Gasteiger partial charge on any atom is -0.395 e. The van der Waals surface area contributed by atoms with Crippen molar-refractivity contribution in [2.24, 2.45) is 5.41 Å². The second-order valence-corrected chi connectivity index (χ2v) is 9.74. The van der Waals surface area contributed by atoms with Crippen LogP contribution in [0.5, 0.6) is 0 Å². The summed E-state index contributed by atoms with van der Waals surface area (Å²) >= 11 is 0. The summed E-state index contributed by atoms with van der Waals surface area (Å²) in [5.74, 6) is 0. The number of allylic oxidation sites excluding steroid dienone is 3. The van der Waals surface area contributed by atoms with E-state index in [0.29, 0.717) is 0 Å². The van der Waals surface area contributed by atoms with E-state index in [4.69, 9.17) is 0 Å². The Kier molecular flexibility index (Phi) is 6.27. The Morgan fingerprint density at radius 1 is 1.46 bits per heavy atom. The molecule has 0 aromatic heterocycles. The molecule has 24 heavy (non-hydrogen) atoms. The Balaban J connectivity index is 2.13. The van der Waals surface area contributed by atoms with E-state index in [1.54, 1.807) is 0 Å². The Morgan fingerprint density at radius 2 is 2.12 bits per heavy atom. The summed E-state index contributed by atoms with van der Waals surface area (Å²) in [4.78, 5) is 0. The molecule has 2 N–H and O–H groups in total. The molecule has 0 amide bonds. The first-order chi connectivity index (χ1) is 11.2. The van der Waals surface area contributed by atoms with Crippen LogP contribution in [0.2, 0.25) is 0 Å². The van der Waals surface area contributed by atoms with Crippen molar-refractivity contribution in [2.45, 2.75) is 76.9 Å². The van der Waals surface area contributed by atoms with E-state index in [-0.39, 0.29) is 17.3 Å². The van der Waals surface area contributed by atoms with E-state index in [1.165, 1.54) is 30.4 Å². The largest absolute Gasteiger partial charge is 0.395 e. The Hall–Kier alpha value is -0.710. The molecule has 0 bridgehead atoms. The molecule has 0 aromatic carbocycles. The van der Waals surface area contributed by atoms with Crippen LogP contribution in [-0.2, 0) is 10.8 Å². The van der Waals surface area contributed by atoms with Gasteiger partial charge in [0.2, 0.25) is 0 Å². The van der Waals surface area contributed by atoms with Crippen LogP contribution in [0, 0.1) is 5.41 Å². The van der Waals surface area contributed by atoms with Crippen molar-refractivity contribution in [3.8, 4) is 0 Å². The molecule has 1 heterocycles. The minimum atomic E-state index is -1.26. The van der Waals surface area contributed by atoms with Gasteiger partial charge in [0.1, 0.15) is 0 Å². The van der Waals surface area contributed by atoms with E-state index < -0.39 is 22.2 Å². The molecule has 4 heteroatoms. The smallest absolute Gasteiger partial charge is 0.0926 e. The molecule has 2 rings (SSSR count).